The SMILES string of the molecule is CNP(=O)(NC)N(SC1CCC1)c1ccccc1. The minimum atomic E-state index is -2.75. The van der Waals surface area contributed by atoms with E-state index < -0.39 is 7.59 Å². The van der Waals surface area contributed by atoms with Crippen molar-refractivity contribution in [3.8, 4) is 0 Å². The van der Waals surface area contributed by atoms with Crippen LogP contribution in [-0.4, -0.2) is 19.3 Å². The van der Waals surface area contributed by atoms with E-state index in [2.05, 4.69) is 10.2 Å². The zero-order chi connectivity index (χ0) is 13.0. The van der Waals surface area contributed by atoms with Gasteiger partial charge in [0.1, 0.15) is 0 Å². The Balaban J connectivity index is 2.24. The van der Waals surface area contributed by atoms with Crippen molar-refractivity contribution >= 4 is 25.2 Å². The molecular formula is C12H20N3OPS. The van der Waals surface area contributed by atoms with E-state index in [-0.39, 0.29) is 0 Å². The zero-order valence-electron chi connectivity index (χ0n) is 10.8. The van der Waals surface area contributed by atoms with Crippen LogP contribution in [0.5, 0.6) is 0 Å². The van der Waals surface area contributed by atoms with Crippen molar-refractivity contribution in [1.82, 2.24) is 10.2 Å². The van der Waals surface area contributed by atoms with E-state index in [9.17, 15) is 4.57 Å². The lowest BCUT2D eigenvalue weighted by atomic mass is 10.0. The summed E-state index contributed by atoms with van der Waals surface area (Å²) in [4.78, 5) is 0. The van der Waals surface area contributed by atoms with Crippen molar-refractivity contribution in [2.45, 2.75) is 24.5 Å². The Morgan fingerprint density at radius 2 is 1.83 bits per heavy atom. The second-order valence-corrected chi connectivity index (χ2v) is 8.25. The van der Waals surface area contributed by atoms with Gasteiger partial charge < -0.3 is 0 Å². The molecule has 0 spiro atoms. The smallest absolute Gasteiger partial charge is 0.263 e. The number of para-hydroxylation sites is 1. The predicted molar refractivity (Wildman–Crippen MR) is 79.9 cm³/mol. The summed E-state index contributed by atoms with van der Waals surface area (Å²) in [6, 6.07) is 9.90. The van der Waals surface area contributed by atoms with Gasteiger partial charge in [-0.3, -0.25) is 4.57 Å². The van der Waals surface area contributed by atoms with E-state index >= 15 is 0 Å². The lowest BCUT2D eigenvalue weighted by Gasteiger charge is -2.36. The van der Waals surface area contributed by atoms with Gasteiger partial charge in [-0.1, -0.05) is 24.6 Å². The highest BCUT2D eigenvalue weighted by atomic mass is 32.2. The van der Waals surface area contributed by atoms with Gasteiger partial charge in [-0.05, 0) is 51.0 Å². The summed E-state index contributed by atoms with van der Waals surface area (Å²) < 4.78 is 14.7. The fourth-order valence-corrected chi connectivity index (χ4v) is 5.29. The van der Waals surface area contributed by atoms with Gasteiger partial charge in [0.15, 0.2) is 0 Å². The molecule has 2 N–H and O–H groups in total. The van der Waals surface area contributed by atoms with Gasteiger partial charge >= 0.3 is 7.59 Å². The molecule has 1 saturated carbocycles. The number of hydrogen-bond acceptors (Lipinski definition) is 2. The molecule has 0 aliphatic heterocycles. The van der Waals surface area contributed by atoms with Crippen molar-refractivity contribution in [3.63, 3.8) is 0 Å². The largest absolute Gasteiger partial charge is 0.315 e. The van der Waals surface area contributed by atoms with Crippen molar-refractivity contribution in [1.29, 1.82) is 0 Å². The molecule has 0 unspecified atom stereocenters. The highest BCUT2D eigenvalue weighted by Crippen LogP contribution is 2.51. The zero-order valence-corrected chi connectivity index (χ0v) is 12.5. The number of rotatable bonds is 6. The predicted octanol–water partition coefficient (Wildman–Crippen LogP) is 3.24. The van der Waals surface area contributed by atoms with Crippen LogP contribution >= 0.6 is 19.5 Å². The van der Waals surface area contributed by atoms with E-state index in [1.54, 1.807) is 26.0 Å². The molecule has 1 aromatic rings. The first-order valence-electron chi connectivity index (χ1n) is 6.20. The maximum atomic E-state index is 12.8. The van der Waals surface area contributed by atoms with Crippen molar-refractivity contribution in [2.75, 3.05) is 18.2 Å². The molecule has 0 aromatic heterocycles. The summed E-state index contributed by atoms with van der Waals surface area (Å²) in [5.74, 6) is 0. The third kappa shape index (κ3) is 2.91. The van der Waals surface area contributed by atoms with E-state index in [1.807, 2.05) is 34.4 Å². The molecular weight excluding hydrogens is 265 g/mol. The molecule has 0 saturated heterocycles. The van der Waals surface area contributed by atoms with Crippen molar-refractivity contribution in [3.05, 3.63) is 30.3 Å². The molecule has 1 aliphatic rings. The summed E-state index contributed by atoms with van der Waals surface area (Å²) in [5, 5.41) is 6.44. The number of benzene rings is 1. The Kier molecular flexibility index (Phi) is 4.73. The van der Waals surface area contributed by atoms with Gasteiger partial charge in [0.2, 0.25) is 0 Å². The molecule has 0 radical (unpaired) electrons. The maximum absolute atomic E-state index is 12.8. The summed E-state index contributed by atoms with van der Waals surface area (Å²) in [6.07, 6.45) is 3.70. The van der Waals surface area contributed by atoms with E-state index in [1.165, 1.54) is 19.3 Å². The number of anilines is 1. The number of nitrogens with zero attached hydrogens (tertiary/aromatic N) is 1. The third-order valence-electron chi connectivity index (χ3n) is 3.14. The molecule has 100 valence electrons. The molecule has 1 aliphatic carbocycles. The molecule has 1 aromatic carbocycles. The van der Waals surface area contributed by atoms with Crippen LogP contribution in [-0.2, 0) is 4.57 Å². The van der Waals surface area contributed by atoms with Gasteiger partial charge in [-0.2, -0.15) is 0 Å². The Morgan fingerprint density at radius 1 is 1.22 bits per heavy atom. The number of nitrogens with one attached hydrogen (secondary N) is 2. The van der Waals surface area contributed by atoms with Crippen LogP contribution in [0.4, 0.5) is 5.69 Å². The molecule has 0 heterocycles. The first-order valence-corrected chi connectivity index (χ1v) is 8.69. The first kappa shape index (κ1) is 13.9. The lowest BCUT2D eigenvalue weighted by Crippen LogP contribution is -2.31. The first-order chi connectivity index (χ1) is 8.69. The molecule has 2 rings (SSSR count). The molecule has 0 atom stereocenters. The Labute approximate surface area is 113 Å². The molecule has 0 bridgehead atoms. The summed E-state index contributed by atoms with van der Waals surface area (Å²) in [5.41, 5.74) is 0.974. The van der Waals surface area contributed by atoms with Gasteiger partial charge in [0, 0.05) is 5.25 Å². The van der Waals surface area contributed by atoms with Crippen molar-refractivity contribution in [2.24, 2.45) is 0 Å². The monoisotopic (exact) mass is 285 g/mol. The van der Waals surface area contributed by atoms with Crippen molar-refractivity contribution < 1.29 is 4.57 Å². The summed E-state index contributed by atoms with van der Waals surface area (Å²) in [7, 11) is 0.711. The van der Waals surface area contributed by atoms with Crippen LogP contribution in [0.2, 0.25) is 0 Å². The molecule has 1 fully saturated rings. The minimum absolute atomic E-state index is 0.584. The maximum Gasteiger partial charge on any atom is 0.315 e. The van der Waals surface area contributed by atoms with Crippen LogP contribution in [0, 0.1) is 0 Å². The Bertz CT molecular complexity index is 417. The lowest BCUT2D eigenvalue weighted by molar-refractivity contribution is 0.521. The van der Waals surface area contributed by atoms with Gasteiger partial charge in [-0.15, -0.1) is 0 Å². The van der Waals surface area contributed by atoms with Gasteiger partial charge in [0.05, 0.1) is 5.69 Å². The second kappa shape index (κ2) is 6.11. The molecule has 0 amide bonds. The number of hydrogen-bond donors (Lipinski definition) is 2. The average Bonchev–Trinajstić information content (AvgIpc) is 2.38. The minimum Gasteiger partial charge on any atom is -0.263 e. The van der Waals surface area contributed by atoms with E-state index in [0.717, 1.165) is 5.69 Å². The Hall–Kier alpha value is -0.480. The normalized spacial score (nSPS) is 16.3. The fourth-order valence-electron chi connectivity index (χ4n) is 1.76. The molecule has 18 heavy (non-hydrogen) atoms. The summed E-state index contributed by atoms with van der Waals surface area (Å²) >= 11 is 1.69. The Morgan fingerprint density at radius 3 is 2.28 bits per heavy atom. The molecule has 6 heteroatoms. The molecule has 4 nitrogen and oxygen atoms in total. The fraction of sp³-hybridized carbons (Fsp3) is 0.500. The standard InChI is InChI=1S/C12H20N3OPS/c1-13-17(16,14-2)15(18-12-9-6-10-12)11-7-4-3-5-8-11/h3-5,7-8,12H,6,9-10H2,1-2H3,(H2,13,14,16). The second-order valence-electron chi connectivity index (χ2n) is 4.29. The topological polar surface area (TPSA) is 44.4 Å². The van der Waals surface area contributed by atoms with E-state index in [0.29, 0.717) is 5.25 Å². The van der Waals surface area contributed by atoms with Crippen LogP contribution in [0.1, 0.15) is 19.3 Å². The highest BCUT2D eigenvalue weighted by molar-refractivity contribution is 8.07. The third-order valence-corrected chi connectivity index (χ3v) is 7.25. The van der Waals surface area contributed by atoms with E-state index in [4.69, 9.17) is 0 Å². The van der Waals surface area contributed by atoms with Crippen LogP contribution < -0.4 is 14.3 Å². The highest BCUT2D eigenvalue weighted by Gasteiger charge is 2.32. The van der Waals surface area contributed by atoms with Crippen LogP contribution in [0.3, 0.4) is 0 Å². The van der Waals surface area contributed by atoms with Gasteiger partial charge in [0.25, 0.3) is 0 Å². The average molecular weight is 285 g/mol. The quantitative estimate of drug-likeness (QED) is 0.620. The van der Waals surface area contributed by atoms with Crippen LogP contribution in [0.15, 0.2) is 30.3 Å². The van der Waals surface area contributed by atoms with Gasteiger partial charge in [-0.25, -0.2) is 14.3 Å². The van der Waals surface area contributed by atoms with Crippen LogP contribution in [0.25, 0.3) is 0 Å². The summed E-state index contributed by atoms with van der Waals surface area (Å²) in [6.45, 7) is 0.